The van der Waals surface area contributed by atoms with Crippen LogP contribution in [0.5, 0.6) is 0 Å². The predicted molar refractivity (Wildman–Crippen MR) is 120 cm³/mol. The van der Waals surface area contributed by atoms with Crippen molar-refractivity contribution in [1.29, 1.82) is 0 Å². The molecule has 7 heteroatoms. The molecule has 2 rings (SSSR count). The molecule has 1 aromatic carbocycles. The highest BCUT2D eigenvalue weighted by atomic mass is 35.5. The number of nitrogens with two attached hydrogens (primary N) is 1. The van der Waals surface area contributed by atoms with Gasteiger partial charge in [-0.05, 0) is 23.8 Å². The van der Waals surface area contributed by atoms with Crippen molar-refractivity contribution in [3.05, 3.63) is 54.1 Å². The number of carbonyl (C=O) groups excluding carboxylic acids is 1. The van der Waals surface area contributed by atoms with Gasteiger partial charge in [0.25, 0.3) is 0 Å². The number of benzene rings is 1. The van der Waals surface area contributed by atoms with E-state index in [4.69, 9.17) is 5.73 Å². The van der Waals surface area contributed by atoms with E-state index in [-0.39, 0.29) is 30.7 Å². The molecule has 28 heavy (non-hydrogen) atoms. The van der Waals surface area contributed by atoms with E-state index in [0.717, 1.165) is 31.5 Å². The molecule has 0 saturated carbocycles. The van der Waals surface area contributed by atoms with Crippen LogP contribution in [0, 0.1) is 5.41 Å². The number of hydrogen-bond acceptors (Lipinski definition) is 3. The third kappa shape index (κ3) is 10.1. The highest BCUT2D eigenvalue weighted by Crippen LogP contribution is 2.21. The summed E-state index contributed by atoms with van der Waals surface area (Å²) in [5, 5.41) is 2.94. The van der Waals surface area contributed by atoms with Gasteiger partial charge in [0.2, 0.25) is 5.91 Å². The molecule has 0 saturated heterocycles. The molecule has 0 aliphatic rings. The average molecular weight is 429 g/mol. The number of unbranched alkanes of at least 4 members (excludes halogenated alkanes) is 1. The summed E-state index contributed by atoms with van der Waals surface area (Å²) in [6, 6.07) is 9.66. The molecular weight excluding hydrogens is 395 g/mol. The van der Waals surface area contributed by atoms with Crippen molar-refractivity contribution in [3.8, 4) is 0 Å². The second-order valence-electron chi connectivity index (χ2n) is 8.14. The van der Waals surface area contributed by atoms with Crippen molar-refractivity contribution in [3.63, 3.8) is 0 Å². The number of hydrogen-bond donors (Lipinski definition) is 2. The lowest BCUT2D eigenvalue weighted by atomic mass is 9.90. The lowest BCUT2D eigenvalue weighted by Crippen LogP contribution is -2.42. The molecule has 3 N–H and O–H groups in total. The van der Waals surface area contributed by atoms with Crippen molar-refractivity contribution in [1.82, 2.24) is 14.9 Å². The van der Waals surface area contributed by atoms with Gasteiger partial charge in [-0.15, -0.1) is 24.8 Å². The Balaban J connectivity index is 0.00000364. The number of carbonyl (C=O) groups is 1. The largest absolute Gasteiger partial charge is 0.355 e. The van der Waals surface area contributed by atoms with Crippen LogP contribution < -0.4 is 11.1 Å². The maximum absolute atomic E-state index is 12.1. The summed E-state index contributed by atoms with van der Waals surface area (Å²) in [5.74, 6) is -0.0987. The van der Waals surface area contributed by atoms with Gasteiger partial charge in [0.15, 0.2) is 0 Å². The topological polar surface area (TPSA) is 72.9 Å². The summed E-state index contributed by atoms with van der Waals surface area (Å²) in [6.45, 7) is 8.16. The quantitative estimate of drug-likeness (QED) is 0.593. The van der Waals surface area contributed by atoms with E-state index in [1.165, 1.54) is 5.56 Å². The molecule has 0 spiro atoms. The van der Waals surface area contributed by atoms with Crippen LogP contribution in [0.25, 0.3) is 0 Å². The summed E-state index contributed by atoms with van der Waals surface area (Å²) in [4.78, 5) is 16.5. The van der Waals surface area contributed by atoms with Crippen LogP contribution in [0.3, 0.4) is 0 Å². The maximum Gasteiger partial charge on any atom is 0.237 e. The Bertz CT molecular complexity index is 683. The fraction of sp³-hybridized carbons (Fsp3) is 0.524. The molecule has 0 aliphatic heterocycles. The first-order valence-electron chi connectivity index (χ1n) is 9.41. The van der Waals surface area contributed by atoms with Gasteiger partial charge in [-0.1, -0.05) is 57.5 Å². The third-order valence-electron chi connectivity index (χ3n) is 4.31. The first kappa shape index (κ1) is 26.4. The lowest BCUT2D eigenvalue weighted by Gasteiger charge is -2.17. The van der Waals surface area contributed by atoms with Crippen LogP contribution in [0.15, 0.2) is 42.9 Å². The first-order valence-corrected chi connectivity index (χ1v) is 9.41. The average Bonchev–Trinajstić information content (AvgIpc) is 3.01. The van der Waals surface area contributed by atoms with Crippen LogP contribution >= 0.6 is 24.8 Å². The monoisotopic (exact) mass is 428 g/mol. The van der Waals surface area contributed by atoms with Gasteiger partial charge in [-0.25, -0.2) is 4.98 Å². The number of halogens is 2. The van der Waals surface area contributed by atoms with E-state index in [9.17, 15) is 4.79 Å². The molecule has 0 aliphatic carbocycles. The Morgan fingerprint density at radius 3 is 2.50 bits per heavy atom. The molecule has 5 nitrogen and oxygen atoms in total. The normalized spacial score (nSPS) is 11.9. The molecule has 0 unspecified atom stereocenters. The fourth-order valence-corrected chi connectivity index (χ4v) is 2.83. The first-order chi connectivity index (χ1) is 12.3. The third-order valence-corrected chi connectivity index (χ3v) is 4.31. The summed E-state index contributed by atoms with van der Waals surface area (Å²) in [5.41, 5.74) is 8.44. The Hall–Kier alpha value is -1.56. The van der Waals surface area contributed by atoms with Gasteiger partial charge in [0.05, 0.1) is 18.1 Å². The van der Waals surface area contributed by atoms with E-state index in [1.54, 1.807) is 6.33 Å². The number of nitrogens with zero attached hydrogens (tertiary/aromatic N) is 2. The zero-order valence-electron chi connectivity index (χ0n) is 17.1. The minimum atomic E-state index is -0.558. The Kier molecular flexibility index (Phi) is 12.1. The molecular formula is C21H34Cl2N4O. The Morgan fingerprint density at radius 1 is 1.18 bits per heavy atom. The maximum atomic E-state index is 12.1. The van der Waals surface area contributed by atoms with Crippen LogP contribution in [0.2, 0.25) is 0 Å². The van der Waals surface area contributed by atoms with Gasteiger partial charge in [-0.2, -0.15) is 0 Å². The van der Waals surface area contributed by atoms with Crippen LogP contribution in [-0.2, 0) is 17.8 Å². The number of aromatic nitrogens is 2. The second-order valence-corrected chi connectivity index (χ2v) is 8.14. The van der Waals surface area contributed by atoms with Crippen LogP contribution in [0.1, 0.15) is 51.3 Å². The zero-order valence-corrected chi connectivity index (χ0v) is 18.7. The molecule has 1 atom stereocenters. The van der Waals surface area contributed by atoms with E-state index >= 15 is 0 Å². The SMILES string of the molecule is CC(C)(C)CCCCNC(=O)[C@@H](N)Cc1cn(Cc2ccccc2)cn1.Cl.Cl. The summed E-state index contributed by atoms with van der Waals surface area (Å²) >= 11 is 0. The van der Waals surface area contributed by atoms with E-state index in [2.05, 4.69) is 43.2 Å². The standard InChI is InChI=1S/C21H32N4O.2ClH/c1-21(2,3)11-7-8-12-23-20(26)19(22)13-18-15-25(16-24-18)14-17-9-5-4-6-10-17;;/h4-6,9-10,15-16,19H,7-8,11-14,22H2,1-3H3,(H,23,26);2*1H/t19-;;/m0../s1. The van der Waals surface area contributed by atoms with Gasteiger partial charge in [0.1, 0.15) is 0 Å². The molecule has 1 heterocycles. The molecule has 158 valence electrons. The lowest BCUT2D eigenvalue weighted by molar-refractivity contribution is -0.122. The smallest absolute Gasteiger partial charge is 0.237 e. The molecule has 0 bridgehead atoms. The van der Waals surface area contributed by atoms with Gasteiger partial charge >= 0.3 is 0 Å². The van der Waals surface area contributed by atoms with Gasteiger partial charge in [-0.3, -0.25) is 4.79 Å². The van der Waals surface area contributed by atoms with Gasteiger partial charge < -0.3 is 15.6 Å². The summed E-state index contributed by atoms with van der Waals surface area (Å²) < 4.78 is 2.02. The van der Waals surface area contributed by atoms with Crippen LogP contribution in [0.4, 0.5) is 0 Å². The van der Waals surface area contributed by atoms with Crippen molar-refractivity contribution in [2.45, 2.75) is 59.0 Å². The Labute approximate surface area is 181 Å². The Morgan fingerprint density at radius 2 is 1.86 bits per heavy atom. The van der Waals surface area contributed by atoms with Crippen LogP contribution in [-0.4, -0.2) is 28.0 Å². The zero-order chi connectivity index (χ0) is 19.0. The van der Waals surface area contributed by atoms with E-state index < -0.39 is 6.04 Å². The highest BCUT2D eigenvalue weighted by Gasteiger charge is 2.15. The van der Waals surface area contributed by atoms with Crippen molar-refractivity contribution < 1.29 is 4.79 Å². The molecule has 1 aromatic heterocycles. The minimum absolute atomic E-state index is 0. The molecule has 0 fully saturated rings. The number of rotatable bonds is 9. The van der Waals surface area contributed by atoms with Crippen molar-refractivity contribution in [2.24, 2.45) is 11.1 Å². The highest BCUT2D eigenvalue weighted by molar-refractivity contribution is 5.85. The van der Waals surface area contributed by atoms with Crippen molar-refractivity contribution in [2.75, 3.05) is 6.54 Å². The predicted octanol–water partition coefficient (Wildman–Crippen LogP) is 3.98. The summed E-state index contributed by atoms with van der Waals surface area (Å²) in [7, 11) is 0. The molecule has 1 amide bonds. The number of amides is 1. The van der Waals surface area contributed by atoms with Crippen molar-refractivity contribution >= 4 is 30.7 Å². The number of nitrogens with one attached hydrogen (secondary N) is 1. The van der Waals surface area contributed by atoms with E-state index in [1.807, 2.05) is 29.0 Å². The number of imidazole rings is 1. The van der Waals surface area contributed by atoms with Gasteiger partial charge in [0, 0.05) is 25.7 Å². The molecule has 2 aromatic rings. The fourth-order valence-electron chi connectivity index (χ4n) is 2.83. The minimum Gasteiger partial charge on any atom is -0.355 e. The van der Waals surface area contributed by atoms with E-state index in [0.29, 0.717) is 18.4 Å². The molecule has 0 radical (unpaired) electrons. The summed E-state index contributed by atoms with van der Waals surface area (Å²) in [6.07, 6.45) is 7.47. The second kappa shape index (κ2) is 12.8.